The Morgan fingerprint density at radius 1 is 0.921 bits per heavy atom. The molecule has 0 spiro atoms. The zero-order valence-corrected chi connectivity index (χ0v) is 20.9. The van der Waals surface area contributed by atoms with Gasteiger partial charge in [0.25, 0.3) is 11.7 Å². The number of hydrogen-bond donors (Lipinski definition) is 1. The zero-order valence-electron chi connectivity index (χ0n) is 20.9. The fraction of sp³-hybridized carbons (Fsp3) is 0.167. The van der Waals surface area contributed by atoms with Crippen molar-refractivity contribution >= 4 is 17.4 Å². The third-order valence-corrected chi connectivity index (χ3v) is 6.43. The fourth-order valence-electron chi connectivity index (χ4n) is 4.58. The fourth-order valence-corrected chi connectivity index (χ4v) is 4.58. The zero-order chi connectivity index (χ0) is 26.5. The van der Waals surface area contributed by atoms with Gasteiger partial charge < -0.3 is 24.0 Å². The highest BCUT2D eigenvalue weighted by atomic mass is 16.5. The first-order valence-corrected chi connectivity index (χ1v) is 12.3. The lowest BCUT2D eigenvalue weighted by molar-refractivity contribution is -0.139. The second kappa shape index (κ2) is 11.0. The van der Waals surface area contributed by atoms with Gasteiger partial charge in [0.2, 0.25) is 0 Å². The molecule has 3 aromatic carbocycles. The van der Waals surface area contributed by atoms with Crippen molar-refractivity contribution in [2.75, 3.05) is 13.7 Å². The van der Waals surface area contributed by atoms with E-state index < -0.39 is 17.7 Å². The molecule has 8 nitrogen and oxygen atoms in total. The molecule has 5 rings (SSSR count). The van der Waals surface area contributed by atoms with Crippen molar-refractivity contribution in [3.8, 4) is 17.2 Å². The number of benzene rings is 3. The predicted molar refractivity (Wildman–Crippen MR) is 142 cm³/mol. The van der Waals surface area contributed by atoms with Gasteiger partial charge >= 0.3 is 0 Å². The van der Waals surface area contributed by atoms with Gasteiger partial charge in [-0.25, -0.2) is 4.98 Å². The number of Topliss-reactive ketones (excluding diaryl/α,β-unsaturated/α-hetero) is 1. The summed E-state index contributed by atoms with van der Waals surface area (Å²) in [6.45, 7) is 0.946. The van der Waals surface area contributed by atoms with Crippen LogP contribution in [0.25, 0.3) is 5.76 Å². The number of hydrogen-bond acceptors (Lipinski definition) is 6. The molecule has 1 unspecified atom stereocenters. The summed E-state index contributed by atoms with van der Waals surface area (Å²) in [5.74, 6) is 0.233. The van der Waals surface area contributed by atoms with Crippen LogP contribution in [0.15, 0.2) is 103 Å². The number of ether oxygens (including phenoxy) is 2. The highest BCUT2D eigenvalue weighted by Crippen LogP contribution is 2.41. The average molecular weight is 510 g/mol. The van der Waals surface area contributed by atoms with Crippen LogP contribution >= 0.6 is 0 Å². The number of amides is 1. The molecular formula is C30H27N3O5. The summed E-state index contributed by atoms with van der Waals surface area (Å²) in [4.78, 5) is 32.2. The smallest absolute Gasteiger partial charge is 0.295 e. The lowest BCUT2D eigenvalue weighted by Crippen LogP contribution is -2.31. The molecule has 1 aromatic heterocycles. The minimum Gasteiger partial charge on any atom is -0.507 e. The van der Waals surface area contributed by atoms with Crippen molar-refractivity contribution in [2.24, 2.45) is 0 Å². The molecule has 1 aliphatic heterocycles. The summed E-state index contributed by atoms with van der Waals surface area (Å²) in [5, 5.41) is 11.3. The summed E-state index contributed by atoms with van der Waals surface area (Å²) < 4.78 is 13.1. The van der Waals surface area contributed by atoms with Gasteiger partial charge in [-0.05, 0) is 60.5 Å². The average Bonchev–Trinajstić information content (AvgIpc) is 3.56. The summed E-state index contributed by atoms with van der Waals surface area (Å²) in [6, 6.07) is 22.5. The number of aryl methyl sites for hydroxylation is 1. The van der Waals surface area contributed by atoms with Crippen LogP contribution in [0.1, 0.15) is 23.6 Å². The quantitative estimate of drug-likeness (QED) is 0.189. The van der Waals surface area contributed by atoms with Crippen LogP contribution in [0.2, 0.25) is 0 Å². The Bertz CT molecular complexity index is 1450. The van der Waals surface area contributed by atoms with Crippen molar-refractivity contribution in [3.63, 3.8) is 0 Å². The number of rotatable bonds is 9. The van der Waals surface area contributed by atoms with Crippen LogP contribution in [0, 0.1) is 0 Å². The van der Waals surface area contributed by atoms with E-state index in [9.17, 15) is 14.7 Å². The number of carbonyl (C=O) groups is 2. The third kappa shape index (κ3) is 5.15. The second-order valence-electron chi connectivity index (χ2n) is 8.86. The van der Waals surface area contributed by atoms with E-state index in [4.69, 9.17) is 9.47 Å². The number of aromatic nitrogens is 2. The number of carbonyl (C=O) groups excluding carboxylic acids is 2. The monoisotopic (exact) mass is 509 g/mol. The molecule has 8 heteroatoms. The first-order chi connectivity index (χ1) is 18.5. The number of likely N-dealkylation sites (tertiary alicyclic amines) is 1. The highest BCUT2D eigenvalue weighted by molar-refractivity contribution is 6.46. The van der Waals surface area contributed by atoms with Crippen LogP contribution in [0.4, 0.5) is 0 Å². The third-order valence-electron chi connectivity index (χ3n) is 6.43. The van der Waals surface area contributed by atoms with Gasteiger partial charge in [-0.2, -0.15) is 0 Å². The first-order valence-electron chi connectivity index (χ1n) is 12.3. The predicted octanol–water partition coefficient (Wildman–Crippen LogP) is 5.20. The van der Waals surface area contributed by atoms with Gasteiger partial charge in [0.05, 0.1) is 25.1 Å². The van der Waals surface area contributed by atoms with E-state index in [1.165, 1.54) is 4.90 Å². The molecule has 1 amide bonds. The van der Waals surface area contributed by atoms with Gasteiger partial charge in [-0.3, -0.25) is 9.59 Å². The molecule has 1 atom stereocenters. The van der Waals surface area contributed by atoms with Crippen LogP contribution in [-0.2, 0) is 16.1 Å². The van der Waals surface area contributed by atoms with Crippen LogP contribution in [0.3, 0.4) is 0 Å². The topological polar surface area (TPSA) is 93.9 Å². The summed E-state index contributed by atoms with van der Waals surface area (Å²) >= 11 is 0. The lowest BCUT2D eigenvalue weighted by Gasteiger charge is -2.26. The van der Waals surface area contributed by atoms with E-state index in [0.29, 0.717) is 47.9 Å². The SMILES string of the molecule is COc1ccc(/C(O)=C2/C(=O)C(=O)N(CCCn3ccnc3)C2c2cccc(Oc3ccccc3)c2)cc1. The largest absolute Gasteiger partial charge is 0.507 e. The lowest BCUT2D eigenvalue weighted by atomic mass is 9.95. The molecule has 0 radical (unpaired) electrons. The molecule has 0 bridgehead atoms. The highest BCUT2D eigenvalue weighted by Gasteiger charge is 2.45. The first kappa shape index (κ1) is 24.8. The van der Waals surface area contributed by atoms with Gasteiger partial charge in [-0.15, -0.1) is 0 Å². The van der Waals surface area contributed by atoms with Gasteiger partial charge in [0, 0.05) is 31.0 Å². The maximum absolute atomic E-state index is 13.3. The Kier molecular flexibility index (Phi) is 7.21. The summed E-state index contributed by atoms with van der Waals surface area (Å²) in [5.41, 5.74) is 1.12. The number of imidazole rings is 1. The minimum absolute atomic E-state index is 0.0414. The van der Waals surface area contributed by atoms with E-state index in [2.05, 4.69) is 4.98 Å². The molecule has 2 heterocycles. The minimum atomic E-state index is -0.779. The molecular weight excluding hydrogens is 482 g/mol. The van der Waals surface area contributed by atoms with Crippen LogP contribution in [-0.4, -0.2) is 44.9 Å². The molecule has 4 aromatic rings. The Morgan fingerprint density at radius 2 is 1.68 bits per heavy atom. The van der Waals surface area contributed by atoms with Crippen molar-refractivity contribution in [2.45, 2.75) is 19.0 Å². The van der Waals surface area contributed by atoms with Crippen molar-refractivity contribution in [3.05, 3.63) is 114 Å². The Balaban J connectivity index is 1.53. The maximum Gasteiger partial charge on any atom is 0.295 e. The number of aliphatic hydroxyl groups excluding tert-OH is 1. The molecule has 1 N–H and O–H groups in total. The van der Waals surface area contributed by atoms with Crippen LogP contribution in [0.5, 0.6) is 17.2 Å². The van der Waals surface area contributed by atoms with E-state index in [1.807, 2.05) is 59.3 Å². The molecule has 1 saturated heterocycles. The number of aliphatic hydroxyl groups is 1. The molecule has 38 heavy (non-hydrogen) atoms. The number of nitrogens with zero attached hydrogens (tertiary/aromatic N) is 3. The Morgan fingerprint density at radius 3 is 2.39 bits per heavy atom. The standard InChI is InChI=1S/C30H27N3O5/c1-37-23-13-11-21(12-14-23)28(34)26-27(22-7-5-10-25(19-22)38-24-8-3-2-4-9-24)33(30(36)29(26)35)17-6-16-32-18-15-31-20-32/h2-5,7-15,18-20,27,34H,6,16-17H2,1H3/b28-26-. The molecule has 0 saturated carbocycles. The summed E-state index contributed by atoms with van der Waals surface area (Å²) in [7, 11) is 1.55. The van der Waals surface area contributed by atoms with E-state index in [1.54, 1.807) is 50.0 Å². The molecule has 192 valence electrons. The number of methoxy groups -OCH3 is 1. The second-order valence-corrected chi connectivity index (χ2v) is 8.86. The van der Waals surface area contributed by atoms with E-state index >= 15 is 0 Å². The maximum atomic E-state index is 13.3. The van der Waals surface area contributed by atoms with Crippen LogP contribution < -0.4 is 9.47 Å². The van der Waals surface area contributed by atoms with Crippen molar-refractivity contribution in [1.82, 2.24) is 14.5 Å². The van der Waals surface area contributed by atoms with Gasteiger partial charge in [0.1, 0.15) is 23.0 Å². The molecule has 0 aliphatic carbocycles. The van der Waals surface area contributed by atoms with Gasteiger partial charge in [-0.1, -0.05) is 30.3 Å². The number of ketones is 1. The van der Waals surface area contributed by atoms with Gasteiger partial charge in [0.15, 0.2) is 0 Å². The van der Waals surface area contributed by atoms with E-state index in [0.717, 1.165) is 0 Å². The Hall–Kier alpha value is -4.85. The number of para-hydroxylation sites is 1. The normalized spacial score (nSPS) is 16.6. The Labute approximate surface area is 220 Å². The van der Waals surface area contributed by atoms with E-state index in [-0.39, 0.29) is 11.3 Å². The molecule has 1 fully saturated rings. The summed E-state index contributed by atoms with van der Waals surface area (Å²) in [6.07, 6.45) is 5.85. The van der Waals surface area contributed by atoms with Crippen molar-refractivity contribution in [1.29, 1.82) is 0 Å². The van der Waals surface area contributed by atoms with Crippen molar-refractivity contribution < 1.29 is 24.2 Å². The molecule has 1 aliphatic rings.